The van der Waals surface area contributed by atoms with Crippen LogP contribution in [0.25, 0.3) is 0 Å². The Morgan fingerprint density at radius 2 is 1.68 bits per heavy atom. The van der Waals surface area contributed by atoms with Crippen LogP contribution in [0, 0.1) is 0 Å². The van der Waals surface area contributed by atoms with Gasteiger partial charge in [0.2, 0.25) is 5.91 Å². The molecule has 9 nitrogen and oxygen atoms in total. The number of rotatable bonds is 5. The van der Waals surface area contributed by atoms with Gasteiger partial charge in [0.05, 0.1) is 29.6 Å². The number of fused-ring (bicyclic) bond motifs is 1. The second-order valence-electron chi connectivity index (χ2n) is 4.39. The SMILES string of the molecule is O=C([O-])CNC(=O)CN1C(=O)c2ccc(C(=O)[O-])cc2C1=O. The number of carbonyl (C=O) groups is 5. The van der Waals surface area contributed by atoms with Crippen molar-refractivity contribution < 1.29 is 34.2 Å². The van der Waals surface area contributed by atoms with Crippen LogP contribution in [0.1, 0.15) is 31.1 Å². The lowest BCUT2D eigenvalue weighted by Gasteiger charge is -2.13. The maximum atomic E-state index is 12.0. The molecule has 3 amide bonds. The Morgan fingerprint density at radius 3 is 2.27 bits per heavy atom. The largest absolute Gasteiger partial charge is 0.548 e. The first-order chi connectivity index (χ1) is 10.3. The van der Waals surface area contributed by atoms with E-state index in [1.54, 1.807) is 0 Å². The lowest BCUT2D eigenvalue weighted by atomic mass is 10.1. The van der Waals surface area contributed by atoms with E-state index in [0.717, 1.165) is 18.2 Å². The standard InChI is InChI=1S/C13H10N2O7/c16-9(14-4-10(17)18)5-15-11(19)7-2-1-6(13(21)22)3-8(7)12(15)20/h1-3H,4-5H2,(H,14,16)(H,17,18)(H,21,22)/p-2. The highest BCUT2D eigenvalue weighted by Crippen LogP contribution is 2.23. The van der Waals surface area contributed by atoms with E-state index in [1.807, 2.05) is 5.32 Å². The molecule has 114 valence electrons. The predicted molar refractivity (Wildman–Crippen MR) is 64.2 cm³/mol. The van der Waals surface area contributed by atoms with Crippen molar-refractivity contribution in [3.05, 3.63) is 34.9 Å². The first kappa shape index (κ1) is 15.2. The Bertz CT molecular complexity index is 710. The van der Waals surface area contributed by atoms with E-state index in [0.29, 0.717) is 4.90 Å². The molecule has 0 aliphatic carbocycles. The van der Waals surface area contributed by atoms with Crippen molar-refractivity contribution in [3.63, 3.8) is 0 Å². The first-order valence-electron chi connectivity index (χ1n) is 5.99. The minimum atomic E-state index is -1.52. The van der Waals surface area contributed by atoms with Crippen LogP contribution in [0.5, 0.6) is 0 Å². The van der Waals surface area contributed by atoms with Gasteiger partial charge in [0.1, 0.15) is 6.54 Å². The molecule has 1 aromatic carbocycles. The number of hydrogen-bond acceptors (Lipinski definition) is 7. The molecule has 9 heteroatoms. The highest BCUT2D eigenvalue weighted by atomic mass is 16.4. The van der Waals surface area contributed by atoms with Crippen LogP contribution < -0.4 is 15.5 Å². The monoisotopic (exact) mass is 304 g/mol. The van der Waals surface area contributed by atoms with Crippen molar-refractivity contribution in [2.24, 2.45) is 0 Å². The van der Waals surface area contributed by atoms with Gasteiger partial charge in [-0.3, -0.25) is 19.3 Å². The van der Waals surface area contributed by atoms with Gasteiger partial charge in [-0.25, -0.2) is 0 Å². The normalized spacial score (nSPS) is 13.0. The van der Waals surface area contributed by atoms with Crippen molar-refractivity contribution in [1.29, 1.82) is 0 Å². The minimum Gasteiger partial charge on any atom is -0.548 e. The van der Waals surface area contributed by atoms with E-state index in [1.165, 1.54) is 0 Å². The zero-order valence-electron chi connectivity index (χ0n) is 11.0. The van der Waals surface area contributed by atoms with Gasteiger partial charge in [-0.05, 0) is 17.7 Å². The number of imide groups is 1. The summed E-state index contributed by atoms with van der Waals surface area (Å²) in [5.74, 6) is -5.50. The fourth-order valence-corrected chi connectivity index (χ4v) is 1.93. The molecular weight excluding hydrogens is 296 g/mol. The van der Waals surface area contributed by atoms with E-state index in [9.17, 15) is 34.2 Å². The summed E-state index contributed by atoms with van der Waals surface area (Å²) < 4.78 is 0. The number of nitrogens with one attached hydrogen (secondary N) is 1. The Hall–Kier alpha value is -3.23. The quantitative estimate of drug-likeness (QED) is 0.555. The molecule has 0 saturated heterocycles. The molecule has 0 unspecified atom stereocenters. The van der Waals surface area contributed by atoms with Crippen molar-refractivity contribution >= 4 is 29.7 Å². The van der Waals surface area contributed by atoms with Crippen molar-refractivity contribution in [1.82, 2.24) is 10.2 Å². The molecule has 1 heterocycles. The van der Waals surface area contributed by atoms with Crippen molar-refractivity contribution in [3.8, 4) is 0 Å². The predicted octanol–water partition coefficient (Wildman–Crippen LogP) is -3.49. The van der Waals surface area contributed by atoms with E-state index in [4.69, 9.17) is 0 Å². The number of benzene rings is 1. The number of carboxylic acids is 2. The molecule has 0 atom stereocenters. The molecule has 1 aliphatic heterocycles. The lowest BCUT2D eigenvalue weighted by Crippen LogP contribution is -2.44. The third-order valence-electron chi connectivity index (χ3n) is 2.94. The van der Waals surface area contributed by atoms with E-state index >= 15 is 0 Å². The van der Waals surface area contributed by atoms with Gasteiger partial charge in [0, 0.05) is 0 Å². The second-order valence-corrected chi connectivity index (χ2v) is 4.39. The molecule has 0 bridgehead atoms. The number of aliphatic carboxylic acids is 1. The summed E-state index contributed by atoms with van der Waals surface area (Å²) in [5.41, 5.74) is -0.467. The number of nitrogens with zero attached hydrogens (tertiary/aromatic N) is 1. The van der Waals surface area contributed by atoms with Gasteiger partial charge in [0.25, 0.3) is 11.8 Å². The van der Waals surface area contributed by atoms with Gasteiger partial charge in [-0.15, -0.1) is 0 Å². The van der Waals surface area contributed by atoms with E-state index < -0.39 is 42.7 Å². The molecule has 0 saturated carbocycles. The summed E-state index contributed by atoms with van der Waals surface area (Å²) in [4.78, 5) is 57.1. The van der Waals surface area contributed by atoms with Crippen LogP contribution >= 0.6 is 0 Å². The number of carboxylic acid groups (broad SMARTS) is 2. The highest BCUT2D eigenvalue weighted by molar-refractivity contribution is 6.22. The molecule has 1 N–H and O–H groups in total. The fraction of sp³-hybridized carbons (Fsp3) is 0.154. The van der Waals surface area contributed by atoms with Gasteiger partial charge in [0.15, 0.2) is 0 Å². The summed E-state index contributed by atoms with van der Waals surface area (Å²) in [6.45, 7) is -1.43. The minimum absolute atomic E-state index is 0.0392. The number of amides is 3. The molecule has 0 aromatic heterocycles. The Balaban J connectivity index is 2.18. The average Bonchev–Trinajstić information content (AvgIpc) is 2.70. The number of carbonyl (C=O) groups excluding carboxylic acids is 5. The van der Waals surface area contributed by atoms with E-state index in [-0.39, 0.29) is 16.7 Å². The lowest BCUT2D eigenvalue weighted by molar-refractivity contribution is -0.304. The summed E-state index contributed by atoms with van der Waals surface area (Å²) in [7, 11) is 0. The smallest absolute Gasteiger partial charge is 0.262 e. The van der Waals surface area contributed by atoms with Crippen LogP contribution in [0.3, 0.4) is 0 Å². The van der Waals surface area contributed by atoms with Crippen LogP contribution in [0.4, 0.5) is 0 Å². The summed E-state index contributed by atoms with van der Waals surface area (Å²) >= 11 is 0. The van der Waals surface area contributed by atoms with Crippen LogP contribution in [0.2, 0.25) is 0 Å². The highest BCUT2D eigenvalue weighted by Gasteiger charge is 2.36. The summed E-state index contributed by atoms with van der Waals surface area (Å²) in [6.07, 6.45) is 0. The van der Waals surface area contributed by atoms with Crippen molar-refractivity contribution in [2.75, 3.05) is 13.1 Å². The molecular formula is C13H8N2O7-2. The maximum Gasteiger partial charge on any atom is 0.262 e. The van der Waals surface area contributed by atoms with Gasteiger partial charge < -0.3 is 25.1 Å². The maximum absolute atomic E-state index is 12.0. The number of hydrogen-bond donors (Lipinski definition) is 1. The average molecular weight is 304 g/mol. The third-order valence-corrected chi connectivity index (χ3v) is 2.94. The molecule has 0 fully saturated rings. The van der Waals surface area contributed by atoms with Gasteiger partial charge in [-0.1, -0.05) is 6.07 Å². The van der Waals surface area contributed by atoms with Crippen LogP contribution in [0.15, 0.2) is 18.2 Å². The Kier molecular flexibility index (Phi) is 3.89. The fourth-order valence-electron chi connectivity index (χ4n) is 1.93. The molecule has 1 aliphatic rings. The Morgan fingerprint density at radius 1 is 1.05 bits per heavy atom. The number of aromatic carboxylic acids is 1. The first-order valence-corrected chi connectivity index (χ1v) is 5.99. The van der Waals surface area contributed by atoms with Crippen molar-refractivity contribution in [2.45, 2.75) is 0 Å². The topological polar surface area (TPSA) is 147 Å². The van der Waals surface area contributed by atoms with E-state index in [2.05, 4.69) is 0 Å². The summed E-state index contributed by atoms with van der Waals surface area (Å²) in [6, 6.07) is 3.25. The molecule has 1 aromatic rings. The zero-order valence-corrected chi connectivity index (χ0v) is 11.0. The van der Waals surface area contributed by atoms with Gasteiger partial charge >= 0.3 is 0 Å². The third kappa shape index (κ3) is 2.77. The second kappa shape index (κ2) is 5.64. The Labute approximate surface area is 123 Å². The van der Waals surface area contributed by atoms with Crippen LogP contribution in [-0.2, 0) is 9.59 Å². The van der Waals surface area contributed by atoms with Crippen LogP contribution in [-0.4, -0.2) is 47.6 Å². The summed E-state index contributed by atoms with van der Waals surface area (Å²) in [5, 5.41) is 22.9. The molecule has 0 radical (unpaired) electrons. The van der Waals surface area contributed by atoms with Gasteiger partial charge in [-0.2, -0.15) is 0 Å². The molecule has 2 rings (SSSR count). The molecule has 0 spiro atoms. The zero-order chi connectivity index (χ0) is 16.4. The molecule has 22 heavy (non-hydrogen) atoms.